The summed E-state index contributed by atoms with van der Waals surface area (Å²) in [5.74, 6) is 1.62. The van der Waals surface area contributed by atoms with Crippen LogP contribution in [0.1, 0.15) is 64.9 Å². The summed E-state index contributed by atoms with van der Waals surface area (Å²) in [6, 6.07) is 10.4. The zero-order chi connectivity index (χ0) is 14.9. The van der Waals surface area contributed by atoms with Crippen molar-refractivity contribution >= 4 is 5.91 Å². The molecule has 114 valence electrons. The van der Waals surface area contributed by atoms with Crippen molar-refractivity contribution in [2.45, 2.75) is 43.9 Å². The van der Waals surface area contributed by atoms with E-state index in [1.165, 1.54) is 17.5 Å². The van der Waals surface area contributed by atoms with E-state index in [2.05, 4.69) is 34.7 Å². The second-order valence-corrected chi connectivity index (χ2v) is 6.39. The molecule has 1 unspecified atom stereocenters. The van der Waals surface area contributed by atoms with Gasteiger partial charge in [0.05, 0.1) is 0 Å². The number of aromatic nitrogens is 1. The van der Waals surface area contributed by atoms with Crippen molar-refractivity contribution in [3.8, 4) is 0 Å². The predicted octanol–water partition coefficient (Wildman–Crippen LogP) is 3.40. The molecule has 1 fully saturated rings. The highest BCUT2D eigenvalue weighted by molar-refractivity contribution is 5.92. The standard InChI is InChI=1S/C18H20N2O2/c21-18(16-10-17(22-20-16)13-8-9-13)19-11-14-6-3-5-12-4-1-2-7-15(12)14/h1-2,4,7,10,13-14H,3,5-6,8-9,11H2,(H,19,21). The normalized spacial score (nSPS) is 20.5. The Morgan fingerprint density at radius 3 is 3.00 bits per heavy atom. The monoisotopic (exact) mass is 296 g/mol. The second kappa shape index (κ2) is 5.59. The SMILES string of the molecule is O=C(NCC1CCCc2ccccc21)c1cc(C2CC2)on1. The molecule has 1 aromatic heterocycles. The summed E-state index contributed by atoms with van der Waals surface area (Å²) in [7, 11) is 0. The number of carbonyl (C=O) groups excluding carboxylic acids is 1. The van der Waals surface area contributed by atoms with Crippen LogP contribution >= 0.6 is 0 Å². The average Bonchev–Trinajstić information content (AvgIpc) is 3.29. The molecule has 1 N–H and O–H groups in total. The number of amides is 1. The summed E-state index contributed by atoms with van der Waals surface area (Å²) in [5, 5.41) is 6.92. The van der Waals surface area contributed by atoms with Crippen LogP contribution < -0.4 is 5.32 Å². The zero-order valence-corrected chi connectivity index (χ0v) is 12.5. The number of carbonyl (C=O) groups is 1. The maximum absolute atomic E-state index is 12.2. The highest BCUT2D eigenvalue weighted by atomic mass is 16.5. The molecular formula is C18H20N2O2. The van der Waals surface area contributed by atoms with Crippen LogP contribution in [0.4, 0.5) is 0 Å². The lowest BCUT2D eigenvalue weighted by Crippen LogP contribution is -2.30. The van der Waals surface area contributed by atoms with E-state index in [1.807, 2.05) is 0 Å². The molecule has 0 saturated heterocycles. The molecule has 0 bridgehead atoms. The third-order valence-corrected chi connectivity index (χ3v) is 4.74. The molecule has 4 rings (SSSR count). The Balaban J connectivity index is 1.41. The number of fused-ring (bicyclic) bond motifs is 1. The first-order chi connectivity index (χ1) is 10.8. The summed E-state index contributed by atoms with van der Waals surface area (Å²) in [4.78, 5) is 12.2. The lowest BCUT2D eigenvalue weighted by molar-refractivity contribution is 0.0941. The van der Waals surface area contributed by atoms with Gasteiger partial charge in [0.1, 0.15) is 5.76 Å². The fourth-order valence-corrected chi connectivity index (χ4v) is 3.33. The van der Waals surface area contributed by atoms with Gasteiger partial charge in [0.25, 0.3) is 5.91 Å². The molecule has 1 atom stereocenters. The molecule has 0 radical (unpaired) electrons. The Hall–Kier alpha value is -2.10. The molecule has 4 nitrogen and oxygen atoms in total. The first kappa shape index (κ1) is 13.6. The van der Waals surface area contributed by atoms with Crippen molar-refractivity contribution in [1.29, 1.82) is 0 Å². The van der Waals surface area contributed by atoms with Crippen LogP contribution in [-0.2, 0) is 6.42 Å². The second-order valence-electron chi connectivity index (χ2n) is 6.39. The van der Waals surface area contributed by atoms with Crippen molar-refractivity contribution in [2.75, 3.05) is 6.54 Å². The molecule has 1 aromatic carbocycles. The van der Waals surface area contributed by atoms with E-state index in [0.717, 1.165) is 31.4 Å². The number of nitrogens with zero attached hydrogens (tertiary/aromatic N) is 1. The van der Waals surface area contributed by atoms with E-state index in [4.69, 9.17) is 4.52 Å². The van der Waals surface area contributed by atoms with Crippen LogP contribution in [0.5, 0.6) is 0 Å². The Morgan fingerprint density at radius 1 is 1.27 bits per heavy atom. The largest absolute Gasteiger partial charge is 0.360 e. The minimum absolute atomic E-state index is 0.126. The van der Waals surface area contributed by atoms with Crippen LogP contribution in [0.15, 0.2) is 34.9 Å². The highest BCUT2D eigenvalue weighted by Gasteiger charge is 2.29. The van der Waals surface area contributed by atoms with Crippen LogP contribution in [0, 0.1) is 0 Å². The van der Waals surface area contributed by atoms with Crippen molar-refractivity contribution in [2.24, 2.45) is 0 Å². The van der Waals surface area contributed by atoms with Crippen LogP contribution in [-0.4, -0.2) is 17.6 Å². The molecule has 1 amide bonds. The quantitative estimate of drug-likeness (QED) is 0.940. The van der Waals surface area contributed by atoms with Crippen molar-refractivity contribution in [3.05, 3.63) is 52.9 Å². The fourth-order valence-electron chi connectivity index (χ4n) is 3.33. The average molecular weight is 296 g/mol. The van der Waals surface area contributed by atoms with Crippen LogP contribution in [0.3, 0.4) is 0 Å². The molecule has 22 heavy (non-hydrogen) atoms. The Morgan fingerprint density at radius 2 is 2.14 bits per heavy atom. The Kier molecular flexibility index (Phi) is 3.45. The fraction of sp³-hybridized carbons (Fsp3) is 0.444. The van der Waals surface area contributed by atoms with Gasteiger partial charge < -0.3 is 9.84 Å². The minimum Gasteiger partial charge on any atom is -0.360 e. The van der Waals surface area contributed by atoms with Crippen LogP contribution in [0.2, 0.25) is 0 Å². The highest BCUT2D eigenvalue weighted by Crippen LogP contribution is 2.40. The van der Waals surface area contributed by atoms with Gasteiger partial charge in [-0.2, -0.15) is 0 Å². The maximum atomic E-state index is 12.2. The number of hydrogen-bond acceptors (Lipinski definition) is 3. The molecular weight excluding hydrogens is 276 g/mol. The van der Waals surface area contributed by atoms with Gasteiger partial charge in [-0.25, -0.2) is 0 Å². The summed E-state index contributed by atoms with van der Waals surface area (Å²) < 4.78 is 5.25. The first-order valence-electron chi connectivity index (χ1n) is 8.14. The van der Waals surface area contributed by atoms with Gasteiger partial charge in [-0.05, 0) is 43.2 Å². The summed E-state index contributed by atoms with van der Waals surface area (Å²) >= 11 is 0. The van der Waals surface area contributed by atoms with Gasteiger partial charge in [0, 0.05) is 24.4 Å². The number of benzene rings is 1. The third-order valence-electron chi connectivity index (χ3n) is 4.74. The van der Waals surface area contributed by atoms with E-state index < -0.39 is 0 Å². The zero-order valence-electron chi connectivity index (χ0n) is 12.5. The van der Waals surface area contributed by atoms with Crippen molar-refractivity contribution in [1.82, 2.24) is 10.5 Å². The molecule has 0 spiro atoms. The predicted molar refractivity (Wildman–Crippen MR) is 82.9 cm³/mol. The van der Waals surface area contributed by atoms with Crippen molar-refractivity contribution < 1.29 is 9.32 Å². The van der Waals surface area contributed by atoms with Gasteiger partial charge in [0.2, 0.25) is 0 Å². The van der Waals surface area contributed by atoms with E-state index >= 15 is 0 Å². The molecule has 1 heterocycles. The third kappa shape index (κ3) is 2.65. The maximum Gasteiger partial charge on any atom is 0.273 e. The van der Waals surface area contributed by atoms with Gasteiger partial charge in [-0.1, -0.05) is 29.4 Å². The molecule has 2 aromatic rings. The first-order valence-corrected chi connectivity index (χ1v) is 8.14. The smallest absolute Gasteiger partial charge is 0.273 e. The minimum atomic E-state index is -0.126. The number of hydrogen-bond donors (Lipinski definition) is 1. The molecule has 2 aliphatic carbocycles. The summed E-state index contributed by atoms with van der Waals surface area (Å²) in [6.07, 6.45) is 5.76. The number of rotatable bonds is 4. The summed E-state index contributed by atoms with van der Waals surface area (Å²) in [6.45, 7) is 0.668. The summed E-state index contributed by atoms with van der Waals surface area (Å²) in [5.41, 5.74) is 3.21. The Labute approximate surface area is 129 Å². The van der Waals surface area contributed by atoms with E-state index in [-0.39, 0.29) is 5.91 Å². The lowest BCUT2D eigenvalue weighted by Gasteiger charge is -2.25. The van der Waals surface area contributed by atoms with E-state index in [1.54, 1.807) is 6.07 Å². The Bertz CT molecular complexity index is 688. The van der Waals surface area contributed by atoms with Gasteiger partial charge >= 0.3 is 0 Å². The molecule has 4 heteroatoms. The van der Waals surface area contributed by atoms with E-state index in [9.17, 15) is 4.79 Å². The number of nitrogens with one attached hydrogen (secondary N) is 1. The topological polar surface area (TPSA) is 55.1 Å². The van der Waals surface area contributed by atoms with Gasteiger partial charge in [0.15, 0.2) is 5.69 Å². The van der Waals surface area contributed by atoms with Crippen LogP contribution in [0.25, 0.3) is 0 Å². The van der Waals surface area contributed by atoms with Gasteiger partial charge in [-0.3, -0.25) is 4.79 Å². The number of aryl methyl sites for hydroxylation is 1. The van der Waals surface area contributed by atoms with E-state index in [0.29, 0.717) is 24.1 Å². The lowest BCUT2D eigenvalue weighted by atomic mass is 9.83. The van der Waals surface area contributed by atoms with Gasteiger partial charge in [-0.15, -0.1) is 0 Å². The molecule has 1 saturated carbocycles. The molecule has 2 aliphatic rings. The molecule has 0 aliphatic heterocycles. The van der Waals surface area contributed by atoms with Crippen molar-refractivity contribution in [3.63, 3.8) is 0 Å².